The molecule has 0 amide bonds. The van der Waals surface area contributed by atoms with Crippen molar-refractivity contribution >= 4 is 16.5 Å². The monoisotopic (exact) mass is 226 g/mol. The third-order valence-corrected chi connectivity index (χ3v) is 2.52. The number of hydrogen-bond acceptors (Lipinski definition) is 1. The molecule has 0 fully saturated rings. The van der Waals surface area contributed by atoms with Gasteiger partial charge in [-0.25, -0.2) is 0 Å². The van der Waals surface area contributed by atoms with Crippen LogP contribution in [0, 0.1) is 0 Å². The number of benzene rings is 2. The van der Waals surface area contributed by atoms with E-state index in [1.165, 1.54) is 10.8 Å². The zero-order valence-corrected chi connectivity index (χ0v) is 10.7. The largest absolute Gasteiger partial charge is 0.488 e. The molecule has 0 aliphatic rings. The van der Waals surface area contributed by atoms with Crippen LogP contribution in [0.1, 0.15) is 26.3 Å². The minimum absolute atomic E-state index is 0.214. The Morgan fingerprint density at radius 2 is 1.65 bits per heavy atom. The van der Waals surface area contributed by atoms with Gasteiger partial charge in [-0.3, -0.25) is 0 Å². The maximum absolute atomic E-state index is 5.84. The van der Waals surface area contributed by atoms with Crippen LogP contribution in [0.4, 0.5) is 0 Å². The predicted octanol–water partition coefficient (Wildman–Crippen LogP) is 4.63. The Labute approximate surface area is 103 Å². The summed E-state index contributed by atoms with van der Waals surface area (Å²) in [5.74, 6) is 0.731. The van der Waals surface area contributed by atoms with E-state index < -0.39 is 0 Å². The number of fused-ring (bicyclic) bond motifs is 1. The van der Waals surface area contributed by atoms with Gasteiger partial charge in [0.1, 0.15) is 11.4 Å². The molecule has 17 heavy (non-hydrogen) atoms. The van der Waals surface area contributed by atoms with Gasteiger partial charge in [-0.2, -0.15) is 0 Å². The SMILES string of the molecule is C=C(OC(C)(C)C)c1cccc2ccccc12. The molecule has 0 saturated heterocycles. The van der Waals surface area contributed by atoms with Gasteiger partial charge in [0.15, 0.2) is 0 Å². The van der Waals surface area contributed by atoms with Crippen molar-refractivity contribution in [1.82, 2.24) is 0 Å². The summed E-state index contributed by atoms with van der Waals surface area (Å²) in [6, 6.07) is 14.5. The summed E-state index contributed by atoms with van der Waals surface area (Å²) >= 11 is 0. The molecule has 2 aromatic rings. The van der Waals surface area contributed by atoms with Gasteiger partial charge in [0.2, 0.25) is 0 Å². The lowest BCUT2D eigenvalue weighted by molar-refractivity contribution is 0.0978. The van der Waals surface area contributed by atoms with Gasteiger partial charge in [-0.15, -0.1) is 0 Å². The van der Waals surface area contributed by atoms with Gasteiger partial charge in [0, 0.05) is 5.56 Å². The summed E-state index contributed by atoms with van der Waals surface area (Å²) in [4.78, 5) is 0. The molecule has 0 heterocycles. The average Bonchev–Trinajstić information content (AvgIpc) is 2.26. The molecule has 0 unspecified atom stereocenters. The van der Waals surface area contributed by atoms with Crippen LogP contribution in [0.15, 0.2) is 49.0 Å². The molecule has 0 aliphatic carbocycles. The summed E-state index contributed by atoms with van der Waals surface area (Å²) in [5.41, 5.74) is 0.853. The smallest absolute Gasteiger partial charge is 0.120 e. The van der Waals surface area contributed by atoms with Gasteiger partial charge in [-0.05, 0) is 31.5 Å². The first-order valence-electron chi connectivity index (χ1n) is 5.83. The molecular formula is C16H18O. The molecule has 88 valence electrons. The van der Waals surface area contributed by atoms with Gasteiger partial charge in [0.25, 0.3) is 0 Å². The van der Waals surface area contributed by atoms with Crippen LogP contribution in [0.25, 0.3) is 16.5 Å². The second kappa shape index (κ2) is 4.25. The Morgan fingerprint density at radius 3 is 2.35 bits per heavy atom. The van der Waals surface area contributed by atoms with Crippen LogP contribution in [-0.2, 0) is 4.74 Å². The molecule has 0 saturated carbocycles. The molecular weight excluding hydrogens is 208 g/mol. The van der Waals surface area contributed by atoms with E-state index in [1.54, 1.807) is 0 Å². The van der Waals surface area contributed by atoms with Crippen LogP contribution >= 0.6 is 0 Å². The highest BCUT2D eigenvalue weighted by atomic mass is 16.5. The van der Waals surface area contributed by atoms with Crippen LogP contribution in [0.3, 0.4) is 0 Å². The van der Waals surface area contributed by atoms with Crippen molar-refractivity contribution < 1.29 is 4.74 Å². The van der Waals surface area contributed by atoms with Crippen molar-refractivity contribution in [3.63, 3.8) is 0 Å². The molecule has 2 aromatic carbocycles. The van der Waals surface area contributed by atoms with Gasteiger partial charge < -0.3 is 4.74 Å². The van der Waals surface area contributed by atoms with Gasteiger partial charge >= 0.3 is 0 Å². The minimum Gasteiger partial charge on any atom is -0.488 e. The first kappa shape index (κ1) is 11.7. The van der Waals surface area contributed by atoms with E-state index in [1.807, 2.05) is 39.0 Å². The Hall–Kier alpha value is -1.76. The van der Waals surface area contributed by atoms with Crippen LogP contribution in [-0.4, -0.2) is 5.60 Å². The van der Waals surface area contributed by atoms with Crippen LogP contribution in [0.5, 0.6) is 0 Å². The topological polar surface area (TPSA) is 9.23 Å². The van der Waals surface area contributed by atoms with E-state index in [2.05, 4.69) is 30.8 Å². The maximum atomic E-state index is 5.84. The second-order valence-electron chi connectivity index (χ2n) is 5.16. The van der Waals surface area contributed by atoms with Crippen LogP contribution in [0.2, 0.25) is 0 Å². The van der Waals surface area contributed by atoms with Crippen LogP contribution < -0.4 is 0 Å². The first-order chi connectivity index (χ1) is 7.97. The summed E-state index contributed by atoms with van der Waals surface area (Å²) in [5, 5.41) is 2.40. The first-order valence-corrected chi connectivity index (χ1v) is 5.83. The fourth-order valence-corrected chi connectivity index (χ4v) is 1.89. The Bertz CT molecular complexity index is 541. The highest BCUT2D eigenvalue weighted by Gasteiger charge is 2.14. The predicted molar refractivity (Wildman–Crippen MR) is 73.8 cm³/mol. The van der Waals surface area contributed by atoms with Crippen molar-refractivity contribution in [2.45, 2.75) is 26.4 Å². The molecule has 0 bridgehead atoms. The lowest BCUT2D eigenvalue weighted by Crippen LogP contribution is -2.17. The van der Waals surface area contributed by atoms with Gasteiger partial charge in [0.05, 0.1) is 0 Å². The summed E-state index contributed by atoms with van der Waals surface area (Å²) in [6.07, 6.45) is 0. The third kappa shape index (κ3) is 2.68. The zero-order chi connectivity index (χ0) is 12.5. The quantitative estimate of drug-likeness (QED) is 0.679. The Balaban J connectivity index is 2.45. The highest BCUT2D eigenvalue weighted by Crippen LogP contribution is 2.27. The summed E-state index contributed by atoms with van der Waals surface area (Å²) in [6.45, 7) is 10.1. The Kier molecular flexibility index (Phi) is 2.93. The number of ether oxygens (including phenoxy) is 1. The zero-order valence-electron chi connectivity index (χ0n) is 10.7. The summed E-state index contributed by atoms with van der Waals surface area (Å²) < 4.78 is 5.84. The summed E-state index contributed by atoms with van der Waals surface area (Å²) in [7, 11) is 0. The van der Waals surface area contributed by atoms with Crippen molar-refractivity contribution in [2.75, 3.05) is 0 Å². The molecule has 1 nitrogen and oxygen atoms in total. The second-order valence-corrected chi connectivity index (χ2v) is 5.16. The molecule has 0 atom stereocenters. The maximum Gasteiger partial charge on any atom is 0.120 e. The fraction of sp³-hybridized carbons (Fsp3) is 0.250. The molecule has 2 rings (SSSR count). The average molecular weight is 226 g/mol. The molecule has 1 heteroatoms. The van der Waals surface area contributed by atoms with E-state index >= 15 is 0 Å². The number of rotatable bonds is 2. The van der Waals surface area contributed by atoms with Crippen molar-refractivity contribution in [3.05, 3.63) is 54.6 Å². The normalized spacial score (nSPS) is 11.5. The van der Waals surface area contributed by atoms with E-state index in [-0.39, 0.29) is 5.60 Å². The van der Waals surface area contributed by atoms with Crippen molar-refractivity contribution in [3.8, 4) is 0 Å². The lowest BCUT2D eigenvalue weighted by Gasteiger charge is -2.23. The number of hydrogen-bond donors (Lipinski definition) is 0. The fourth-order valence-electron chi connectivity index (χ4n) is 1.89. The standard InChI is InChI=1S/C16H18O/c1-12(17-16(2,3)4)14-11-7-9-13-8-5-6-10-15(13)14/h5-11H,1H2,2-4H3. The lowest BCUT2D eigenvalue weighted by atomic mass is 10.0. The highest BCUT2D eigenvalue weighted by molar-refractivity contribution is 5.92. The van der Waals surface area contributed by atoms with E-state index in [0.29, 0.717) is 0 Å². The Morgan fingerprint density at radius 1 is 1.00 bits per heavy atom. The minimum atomic E-state index is -0.214. The van der Waals surface area contributed by atoms with E-state index in [9.17, 15) is 0 Å². The molecule has 0 radical (unpaired) electrons. The molecule has 0 spiro atoms. The van der Waals surface area contributed by atoms with E-state index in [4.69, 9.17) is 4.74 Å². The molecule has 0 aliphatic heterocycles. The molecule has 0 aromatic heterocycles. The van der Waals surface area contributed by atoms with Crippen molar-refractivity contribution in [2.24, 2.45) is 0 Å². The molecule has 0 N–H and O–H groups in total. The van der Waals surface area contributed by atoms with Crippen molar-refractivity contribution in [1.29, 1.82) is 0 Å². The van der Waals surface area contributed by atoms with E-state index in [0.717, 1.165) is 11.3 Å². The third-order valence-electron chi connectivity index (χ3n) is 2.52. The van der Waals surface area contributed by atoms with Gasteiger partial charge in [-0.1, -0.05) is 49.0 Å².